The molecule has 162 valence electrons. The molecule has 0 saturated heterocycles. The van der Waals surface area contributed by atoms with Gasteiger partial charge in [0, 0.05) is 12.6 Å². The minimum atomic E-state index is -1.53. The van der Waals surface area contributed by atoms with Crippen LogP contribution in [0.4, 0.5) is 10.5 Å². The Bertz CT molecular complexity index is 1220. The smallest absolute Gasteiger partial charge is 0.407 e. The maximum absolute atomic E-state index is 11.8. The van der Waals surface area contributed by atoms with Gasteiger partial charge in [-0.05, 0) is 12.5 Å². The van der Waals surface area contributed by atoms with E-state index in [0.717, 1.165) is 18.9 Å². The third-order valence-electron chi connectivity index (χ3n) is 4.25. The van der Waals surface area contributed by atoms with Gasteiger partial charge in [0.15, 0.2) is 0 Å². The molecule has 1 amide bonds. The summed E-state index contributed by atoms with van der Waals surface area (Å²) in [5.41, 5.74) is -1.66. The summed E-state index contributed by atoms with van der Waals surface area (Å²) in [5, 5.41) is 23.2. The highest BCUT2D eigenvalue weighted by Gasteiger charge is 2.22. The largest absolute Gasteiger partial charge is 0.476 e. The van der Waals surface area contributed by atoms with Gasteiger partial charge in [-0.3, -0.25) is 14.9 Å². The van der Waals surface area contributed by atoms with Crippen LogP contribution >= 0.6 is 0 Å². The van der Waals surface area contributed by atoms with Crippen LogP contribution in [0.15, 0.2) is 23.1 Å². The summed E-state index contributed by atoms with van der Waals surface area (Å²) in [5.74, 6) is -1.44. The first kappa shape index (κ1) is 21.4. The van der Waals surface area contributed by atoms with Gasteiger partial charge in [-0.1, -0.05) is 13.3 Å². The van der Waals surface area contributed by atoms with E-state index in [1.807, 2.05) is 6.92 Å². The number of H-pyrrole nitrogens is 2. The first-order valence-corrected chi connectivity index (χ1v) is 9.20. The van der Waals surface area contributed by atoms with Gasteiger partial charge in [-0.15, -0.1) is 0 Å². The second-order valence-electron chi connectivity index (χ2n) is 6.48. The van der Waals surface area contributed by atoms with E-state index in [1.54, 1.807) is 0 Å². The molecule has 0 saturated carbocycles. The number of aromatic carboxylic acids is 1. The number of nitrogens with one attached hydrogen (secondary N) is 3. The molecule has 0 spiro atoms. The topological polar surface area (TPSA) is 193 Å². The molecule has 31 heavy (non-hydrogen) atoms. The number of nitro groups is 1. The van der Waals surface area contributed by atoms with Gasteiger partial charge in [0.1, 0.15) is 12.4 Å². The second-order valence-corrected chi connectivity index (χ2v) is 6.48. The van der Waals surface area contributed by atoms with Crippen molar-refractivity contribution in [3.63, 3.8) is 0 Å². The number of amides is 1. The van der Waals surface area contributed by atoms with Crippen molar-refractivity contribution in [1.29, 1.82) is 0 Å². The first-order valence-electron chi connectivity index (χ1n) is 9.20. The summed E-state index contributed by atoms with van der Waals surface area (Å²) in [4.78, 5) is 58.4. The number of hydrogen-bond acceptors (Lipinski definition) is 8. The predicted octanol–water partition coefficient (Wildman–Crippen LogP) is 1.95. The molecule has 0 unspecified atom stereocenters. The van der Waals surface area contributed by atoms with Crippen molar-refractivity contribution >= 4 is 28.8 Å². The number of hydrogen-bond donors (Lipinski definition) is 4. The molecule has 1 aromatic carbocycles. The summed E-state index contributed by atoms with van der Waals surface area (Å²) in [6.07, 6.45) is 2.49. The lowest BCUT2D eigenvalue weighted by Crippen LogP contribution is -2.25. The summed E-state index contributed by atoms with van der Waals surface area (Å²) < 4.78 is 5.05. The number of aromatic nitrogens is 4. The minimum absolute atomic E-state index is 0.00399. The lowest BCUT2D eigenvalue weighted by atomic mass is 10.1. The van der Waals surface area contributed by atoms with Gasteiger partial charge < -0.3 is 25.1 Å². The van der Waals surface area contributed by atoms with Crippen LogP contribution in [0, 0.1) is 10.1 Å². The Balaban J connectivity index is 1.91. The fraction of sp³-hybridized carbons (Fsp3) is 0.278. The molecule has 0 fully saturated rings. The SMILES string of the molecule is CCCCNC(=O)OCc1cnc(-c2cc3nc(C(=O)O)c(=O)[nH]c3cc2[N+](=O)[O-])[nH]1. The molecule has 13 heteroatoms. The molecule has 13 nitrogen and oxygen atoms in total. The van der Waals surface area contributed by atoms with Gasteiger partial charge in [-0.2, -0.15) is 0 Å². The Labute approximate surface area is 173 Å². The van der Waals surface area contributed by atoms with Crippen LogP contribution in [0.2, 0.25) is 0 Å². The van der Waals surface area contributed by atoms with E-state index < -0.39 is 28.2 Å². The lowest BCUT2D eigenvalue weighted by molar-refractivity contribution is -0.384. The van der Waals surface area contributed by atoms with Crippen molar-refractivity contribution in [2.75, 3.05) is 6.54 Å². The number of imidazole rings is 1. The first-order chi connectivity index (χ1) is 14.8. The van der Waals surface area contributed by atoms with Crippen molar-refractivity contribution in [2.24, 2.45) is 0 Å². The summed E-state index contributed by atoms with van der Waals surface area (Å²) in [6, 6.07) is 2.32. The molecule has 2 heterocycles. The number of nitrogens with zero attached hydrogens (tertiary/aromatic N) is 3. The van der Waals surface area contributed by atoms with Crippen molar-refractivity contribution in [3.8, 4) is 11.4 Å². The number of benzene rings is 1. The fourth-order valence-electron chi connectivity index (χ4n) is 2.74. The molecule has 0 atom stereocenters. The number of unbranched alkanes of at least 4 members (excludes halogenated alkanes) is 1. The molecule has 0 radical (unpaired) electrons. The van der Waals surface area contributed by atoms with Crippen molar-refractivity contribution in [3.05, 3.63) is 50.2 Å². The van der Waals surface area contributed by atoms with E-state index in [1.165, 1.54) is 12.3 Å². The van der Waals surface area contributed by atoms with Crippen LogP contribution in [0.3, 0.4) is 0 Å². The zero-order chi connectivity index (χ0) is 22.5. The molecule has 0 aliphatic carbocycles. The van der Waals surface area contributed by atoms with E-state index in [9.17, 15) is 24.5 Å². The lowest BCUT2D eigenvalue weighted by Gasteiger charge is -2.05. The average Bonchev–Trinajstić information content (AvgIpc) is 3.19. The summed E-state index contributed by atoms with van der Waals surface area (Å²) in [7, 11) is 0. The number of carbonyl (C=O) groups is 2. The van der Waals surface area contributed by atoms with Crippen molar-refractivity contribution in [1.82, 2.24) is 25.3 Å². The minimum Gasteiger partial charge on any atom is -0.476 e. The third kappa shape index (κ3) is 4.83. The van der Waals surface area contributed by atoms with Crippen LogP contribution in [0.1, 0.15) is 35.9 Å². The van der Waals surface area contributed by atoms with Crippen molar-refractivity contribution < 1.29 is 24.4 Å². The number of fused-ring (bicyclic) bond motifs is 1. The number of carbonyl (C=O) groups excluding carboxylic acids is 1. The molecular weight excluding hydrogens is 412 g/mol. The van der Waals surface area contributed by atoms with Crippen LogP contribution in [-0.2, 0) is 11.3 Å². The van der Waals surface area contributed by atoms with Crippen LogP contribution in [-0.4, -0.2) is 48.6 Å². The maximum Gasteiger partial charge on any atom is 0.407 e. The van der Waals surface area contributed by atoms with Crippen molar-refractivity contribution in [2.45, 2.75) is 26.4 Å². The van der Waals surface area contributed by atoms with Crippen LogP contribution in [0.25, 0.3) is 22.4 Å². The standard InChI is InChI=1S/C18H18N6O7/c1-2-3-4-19-18(28)31-8-9-7-20-15(21-9)10-5-11-12(6-13(10)24(29)30)23-16(25)14(22-11)17(26)27/h5-7H,2-4,8H2,1H3,(H,19,28)(H,20,21)(H,23,25)(H,26,27). The normalized spacial score (nSPS) is 10.7. The van der Waals surface area contributed by atoms with E-state index in [0.29, 0.717) is 12.2 Å². The Hall–Kier alpha value is -4.29. The highest BCUT2D eigenvalue weighted by molar-refractivity contribution is 5.90. The fourth-order valence-corrected chi connectivity index (χ4v) is 2.74. The Morgan fingerprint density at radius 3 is 2.77 bits per heavy atom. The molecule has 4 N–H and O–H groups in total. The monoisotopic (exact) mass is 430 g/mol. The molecule has 0 aliphatic rings. The number of rotatable bonds is 8. The molecule has 2 aromatic heterocycles. The molecular formula is C18H18N6O7. The summed E-state index contributed by atoms with van der Waals surface area (Å²) >= 11 is 0. The number of carboxylic acids is 1. The van der Waals surface area contributed by atoms with Gasteiger partial charge >= 0.3 is 12.1 Å². The van der Waals surface area contributed by atoms with Crippen LogP contribution < -0.4 is 10.9 Å². The third-order valence-corrected chi connectivity index (χ3v) is 4.25. The molecule has 0 bridgehead atoms. The molecule has 3 rings (SSSR count). The zero-order valence-electron chi connectivity index (χ0n) is 16.3. The van der Waals surface area contributed by atoms with Gasteiger partial charge in [-0.25, -0.2) is 19.6 Å². The Morgan fingerprint density at radius 2 is 2.10 bits per heavy atom. The number of nitro benzene ring substituents is 1. The highest BCUT2D eigenvalue weighted by atomic mass is 16.6. The summed E-state index contributed by atoms with van der Waals surface area (Å²) in [6.45, 7) is 2.34. The zero-order valence-corrected chi connectivity index (χ0v) is 16.3. The van der Waals surface area contributed by atoms with Gasteiger partial charge in [0.25, 0.3) is 11.2 Å². The van der Waals surface area contributed by atoms with Gasteiger partial charge in [0.05, 0.1) is 33.4 Å². The maximum atomic E-state index is 11.8. The number of ether oxygens (including phenoxy) is 1. The average molecular weight is 430 g/mol. The number of carboxylic acid groups (broad SMARTS) is 1. The second kappa shape index (κ2) is 9.02. The van der Waals surface area contributed by atoms with E-state index in [-0.39, 0.29) is 34.7 Å². The molecule has 0 aliphatic heterocycles. The van der Waals surface area contributed by atoms with E-state index in [2.05, 4.69) is 25.3 Å². The Kier molecular flexibility index (Phi) is 6.23. The quantitative estimate of drug-likeness (QED) is 0.235. The van der Waals surface area contributed by atoms with E-state index in [4.69, 9.17) is 9.84 Å². The number of aromatic amines is 2. The van der Waals surface area contributed by atoms with E-state index >= 15 is 0 Å². The van der Waals surface area contributed by atoms with Crippen LogP contribution in [0.5, 0.6) is 0 Å². The predicted molar refractivity (Wildman–Crippen MR) is 107 cm³/mol. The highest BCUT2D eigenvalue weighted by Crippen LogP contribution is 2.31. The van der Waals surface area contributed by atoms with Gasteiger partial charge in [0.2, 0.25) is 5.69 Å². The Morgan fingerprint density at radius 1 is 1.32 bits per heavy atom. The number of alkyl carbamates (subject to hydrolysis) is 1. The molecule has 3 aromatic rings.